The van der Waals surface area contributed by atoms with E-state index in [2.05, 4.69) is 32.7 Å². The highest BCUT2D eigenvalue weighted by atomic mass is 16.1. The van der Waals surface area contributed by atoms with E-state index in [1.165, 1.54) is 18.0 Å². The summed E-state index contributed by atoms with van der Waals surface area (Å²) in [6.45, 7) is 4.74. The highest BCUT2D eigenvalue weighted by Gasteiger charge is 2.10. The first-order chi connectivity index (χ1) is 12.6. The van der Waals surface area contributed by atoms with Crippen LogP contribution in [-0.4, -0.2) is 22.4 Å². The molecular formula is C21H22N4O. The van der Waals surface area contributed by atoms with Gasteiger partial charge in [-0.1, -0.05) is 42.5 Å². The lowest BCUT2D eigenvalue weighted by atomic mass is 10.1. The number of hydrogen-bond acceptors (Lipinski definition) is 4. The first-order valence-electron chi connectivity index (χ1n) is 8.61. The van der Waals surface area contributed by atoms with Gasteiger partial charge in [-0.2, -0.15) is 0 Å². The van der Waals surface area contributed by atoms with E-state index >= 15 is 0 Å². The van der Waals surface area contributed by atoms with E-state index < -0.39 is 0 Å². The molecule has 5 heteroatoms. The maximum atomic E-state index is 12.4. The molecule has 0 spiro atoms. The molecule has 3 aromatic rings. The van der Waals surface area contributed by atoms with E-state index in [9.17, 15) is 4.79 Å². The van der Waals surface area contributed by atoms with Crippen molar-refractivity contribution in [2.75, 3.05) is 17.2 Å². The molecule has 0 saturated heterocycles. The first kappa shape index (κ1) is 17.6. The average molecular weight is 346 g/mol. The van der Waals surface area contributed by atoms with Crippen LogP contribution in [0.3, 0.4) is 0 Å². The van der Waals surface area contributed by atoms with Gasteiger partial charge < -0.3 is 10.6 Å². The molecule has 132 valence electrons. The van der Waals surface area contributed by atoms with E-state index in [0.29, 0.717) is 11.5 Å². The summed E-state index contributed by atoms with van der Waals surface area (Å²) in [7, 11) is 0. The molecule has 2 N–H and O–H groups in total. The Kier molecular flexibility index (Phi) is 5.59. The van der Waals surface area contributed by atoms with Gasteiger partial charge in [-0.25, -0.2) is 9.97 Å². The Balaban J connectivity index is 1.56. The summed E-state index contributed by atoms with van der Waals surface area (Å²) in [6, 6.07) is 16.1. The van der Waals surface area contributed by atoms with Crippen LogP contribution in [0, 0.1) is 13.8 Å². The van der Waals surface area contributed by atoms with Crippen molar-refractivity contribution in [2.24, 2.45) is 0 Å². The summed E-state index contributed by atoms with van der Waals surface area (Å²) in [6.07, 6.45) is 3.97. The Morgan fingerprint density at radius 2 is 1.69 bits per heavy atom. The smallest absolute Gasteiger partial charge is 0.258 e. The number of aryl methyl sites for hydroxylation is 1. The van der Waals surface area contributed by atoms with Gasteiger partial charge in [0.15, 0.2) is 0 Å². The van der Waals surface area contributed by atoms with Crippen LogP contribution < -0.4 is 10.6 Å². The van der Waals surface area contributed by atoms with Crippen LogP contribution in [0.1, 0.15) is 27.0 Å². The normalized spacial score (nSPS) is 10.4. The molecule has 0 unspecified atom stereocenters. The summed E-state index contributed by atoms with van der Waals surface area (Å²) in [5.74, 6) is 0.304. The second-order valence-electron chi connectivity index (χ2n) is 6.16. The second-order valence-corrected chi connectivity index (χ2v) is 6.16. The van der Waals surface area contributed by atoms with Gasteiger partial charge >= 0.3 is 0 Å². The van der Waals surface area contributed by atoms with Gasteiger partial charge in [-0.05, 0) is 43.0 Å². The average Bonchev–Trinajstić information content (AvgIpc) is 2.67. The number of carbonyl (C=O) groups excluding carboxylic acids is 1. The Labute approximate surface area is 153 Å². The van der Waals surface area contributed by atoms with Crippen LogP contribution in [-0.2, 0) is 6.42 Å². The molecule has 0 radical (unpaired) electrons. The third kappa shape index (κ3) is 4.45. The van der Waals surface area contributed by atoms with Crippen molar-refractivity contribution in [2.45, 2.75) is 20.3 Å². The van der Waals surface area contributed by atoms with E-state index in [0.717, 1.165) is 29.8 Å². The van der Waals surface area contributed by atoms with Crippen LogP contribution in [0.25, 0.3) is 0 Å². The second kappa shape index (κ2) is 8.25. The topological polar surface area (TPSA) is 66.9 Å². The number of rotatable bonds is 6. The minimum atomic E-state index is -0.213. The van der Waals surface area contributed by atoms with Gasteiger partial charge in [0.05, 0.1) is 5.56 Å². The molecule has 1 amide bonds. The van der Waals surface area contributed by atoms with Gasteiger partial charge in [0.25, 0.3) is 5.91 Å². The largest absolute Gasteiger partial charge is 0.354 e. The molecule has 3 rings (SSSR count). The molecule has 26 heavy (non-hydrogen) atoms. The summed E-state index contributed by atoms with van der Waals surface area (Å²) < 4.78 is 0. The molecular weight excluding hydrogens is 324 g/mol. The minimum absolute atomic E-state index is 0.213. The quantitative estimate of drug-likeness (QED) is 0.708. The van der Waals surface area contributed by atoms with E-state index in [1.807, 2.05) is 50.2 Å². The van der Waals surface area contributed by atoms with Crippen molar-refractivity contribution in [3.8, 4) is 0 Å². The summed E-state index contributed by atoms with van der Waals surface area (Å²) in [4.78, 5) is 20.8. The standard InChI is InChI=1S/C21H22N4O/c1-15-7-6-10-19(16(15)2)25-20(26)18-13-23-21(24-14-18)22-12-11-17-8-4-3-5-9-17/h3-10,13-14H,11-12H2,1-2H3,(H,25,26)(H,22,23,24). The molecule has 0 fully saturated rings. The van der Waals surface area contributed by atoms with Crippen molar-refractivity contribution < 1.29 is 4.79 Å². The Bertz CT molecular complexity index is 876. The zero-order chi connectivity index (χ0) is 18.4. The predicted octanol–water partition coefficient (Wildman–Crippen LogP) is 4.00. The summed E-state index contributed by atoms with van der Waals surface area (Å²) in [5, 5.41) is 6.08. The molecule has 0 saturated carbocycles. The third-order valence-electron chi connectivity index (χ3n) is 4.31. The number of benzene rings is 2. The van der Waals surface area contributed by atoms with Crippen molar-refractivity contribution in [3.63, 3.8) is 0 Å². The monoisotopic (exact) mass is 346 g/mol. The number of aromatic nitrogens is 2. The van der Waals surface area contributed by atoms with Crippen molar-refractivity contribution in [3.05, 3.63) is 83.2 Å². The summed E-state index contributed by atoms with van der Waals surface area (Å²) >= 11 is 0. The number of amides is 1. The fourth-order valence-electron chi connectivity index (χ4n) is 2.58. The zero-order valence-electron chi connectivity index (χ0n) is 15.0. The van der Waals surface area contributed by atoms with Crippen molar-refractivity contribution in [1.82, 2.24) is 9.97 Å². The lowest BCUT2D eigenvalue weighted by Gasteiger charge is -2.10. The summed E-state index contributed by atoms with van der Waals surface area (Å²) in [5.41, 5.74) is 4.68. The van der Waals surface area contributed by atoms with E-state index in [1.54, 1.807) is 0 Å². The van der Waals surface area contributed by atoms with Crippen molar-refractivity contribution in [1.29, 1.82) is 0 Å². The van der Waals surface area contributed by atoms with Crippen LogP contribution >= 0.6 is 0 Å². The van der Waals surface area contributed by atoms with E-state index in [4.69, 9.17) is 0 Å². The lowest BCUT2D eigenvalue weighted by molar-refractivity contribution is 0.102. The lowest BCUT2D eigenvalue weighted by Crippen LogP contribution is -2.15. The molecule has 0 bridgehead atoms. The Morgan fingerprint density at radius 3 is 2.42 bits per heavy atom. The first-order valence-corrected chi connectivity index (χ1v) is 8.61. The number of nitrogens with zero attached hydrogens (tertiary/aromatic N) is 2. The van der Waals surface area contributed by atoms with Gasteiger partial charge in [0.2, 0.25) is 5.95 Å². The van der Waals surface area contributed by atoms with Gasteiger partial charge in [0, 0.05) is 24.6 Å². The Hall–Kier alpha value is -3.21. The van der Waals surface area contributed by atoms with Crippen LogP contribution in [0.2, 0.25) is 0 Å². The molecule has 5 nitrogen and oxygen atoms in total. The molecule has 2 aromatic carbocycles. The van der Waals surface area contributed by atoms with Gasteiger partial charge in [-0.3, -0.25) is 4.79 Å². The molecule has 0 aliphatic rings. The number of hydrogen-bond donors (Lipinski definition) is 2. The molecule has 0 atom stereocenters. The van der Waals surface area contributed by atoms with Crippen LogP contribution in [0.5, 0.6) is 0 Å². The fraction of sp³-hybridized carbons (Fsp3) is 0.190. The minimum Gasteiger partial charge on any atom is -0.354 e. The predicted molar refractivity (Wildman–Crippen MR) is 105 cm³/mol. The van der Waals surface area contributed by atoms with Crippen molar-refractivity contribution >= 4 is 17.5 Å². The fourth-order valence-corrected chi connectivity index (χ4v) is 2.58. The van der Waals surface area contributed by atoms with Gasteiger partial charge in [-0.15, -0.1) is 0 Å². The van der Waals surface area contributed by atoms with Gasteiger partial charge in [0.1, 0.15) is 0 Å². The molecule has 1 heterocycles. The molecule has 0 aliphatic heterocycles. The van der Waals surface area contributed by atoms with E-state index in [-0.39, 0.29) is 5.91 Å². The molecule has 1 aromatic heterocycles. The Morgan fingerprint density at radius 1 is 0.962 bits per heavy atom. The molecule has 0 aliphatic carbocycles. The maximum absolute atomic E-state index is 12.4. The maximum Gasteiger partial charge on any atom is 0.258 e. The number of anilines is 2. The highest BCUT2D eigenvalue weighted by molar-refractivity contribution is 6.04. The van der Waals surface area contributed by atoms with Crippen LogP contribution in [0.4, 0.5) is 11.6 Å². The SMILES string of the molecule is Cc1cccc(NC(=O)c2cnc(NCCc3ccccc3)nc2)c1C. The number of nitrogens with one attached hydrogen (secondary N) is 2. The highest BCUT2D eigenvalue weighted by Crippen LogP contribution is 2.18. The number of carbonyl (C=O) groups is 1. The van der Waals surface area contributed by atoms with Crippen LogP contribution in [0.15, 0.2) is 60.9 Å². The zero-order valence-corrected chi connectivity index (χ0v) is 15.0. The third-order valence-corrected chi connectivity index (χ3v) is 4.31.